The standard InChI is InChI=1S/C15H24N2/c1-10(2)7-14(16)13-8-11-5-3-4-6-12(11)9-15(13)17/h8-10,14H,3-7,16-17H2,1-2H3. The van der Waals surface area contributed by atoms with Gasteiger partial charge in [0, 0.05) is 11.7 Å². The molecule has 0 amide bonds. The largest absolute Gasteiger partial charge is 0.398 e. The van der Waals surface area contributed by atoms with Crippen molar-refractivity contribution in [2.75, 3.05) is 5.73 Å². The molecular weight excluding hydrogens is 208 g/mol. The summed E-state index contributed by atoms with van der Waals surface area (Å²) in [5, 5.41) is 0. The molecule has 2 heteroatoms. The van der Waals surface area contributed by atoms with Crippen LogP contribution >= 0.6 is 0 Å². The quantitative estimate of drug-likeness (QED) is 0.786. The minimum Gasteiger partial charge on any atom is -0.398 e. The number of hydrogen-bond donors (Lipinski definition) is 2. The Bertz CT molecular complexity index is 396. The maximum Gasteiger partial charge on any atom is 0.0365 e. The highest BCUT2D eigenvalue weighted by Gasteiger charge is 2.16. The summed E-state index contributed by atoms with van der Waals surface area (Å²) in [5.74, 6) is 0.612. The Hall–Kier alpha value is -1.02. The van der Waals surface area contributed by atoms with E-state index in [0.717, 1.165) is 17.7 Å². The lowest BCUT2D eigenvalue weighted by Crippen LogP contribution is -2.16. The molecule has 4 N–H and O–H groups in total. The molecule has 0 saturated carbocycles. The van der Waals surface area contributed by atoms with Gasteiger partial charge in [0.1, 0.15) is 0 Å². The van der Waals surface area contributed by atoms with Crippen LogP contribution in [0.3, 0.4) is 0 Å². The van der Waals surface area contributed by atoms with E-state index in [1.54, 1.807) is 0 Å². The van der Waals surface area contributed by atoms with Gasteiger partial charge in [-0.15, -0.1) is 0 Å². The summed E-state index contributed by atoms with van der Waals surface area (Å²) in [6.45, 7) is 4.41. The molecule has 1 aromatic rings. The van der Waals surface area contributed by atoms with E-state index in [0.29, 0.717) is 5.92 Å². The molecule has 1 aromatic carbocycles. The van der Waals surface area contributed by atoms with Crippen LogP contribution < -0.4 is 11.5 Å². The van der Waals surface area contributed by atoms with E-state index in [4.69, 9.17) is 11.5 Å². The lowest BCUT2D eigenvalue weighted by atomic mass is 9.87. The lowest BCUT2D eigenvalue weighted by molar-refractivity contribution is 0.510. The number of hydrogen-bond acceptors (Lipinski definition) is 2. The molecule has 0 aliphatic heterocycles. The van der Waals surface area contributed by atoms with Gasteiger partial charge in [0.2, 0.25) is 0 Å². The van der Waals surface area contributed by atoms with Gasteiger partial charge in [0.25, 0.3) is 0 Å². The van der Waals surface area contributed by atoms with Crippen LogP contribution in [0.15, 0.2) is 12.1 Å². The molecule has 0 bridgehead atoms. The van der Waals surface area contributed by atoms with Crippen molar-refractivity contribution in [2.45, 2.75) is 52.0 Å². The lowest BCUT2D eigenvalue weighted by Gasteiger charge is -2.22. The molecule has 1 unspecified atom stereocenters. The maximum absolute atomic E-state index is 6.25. The van der Waals surface area contributed by atoms with Crippen molar-refractivity contribution in [3.63, 3.8) is 0 Å². The Morgan fingerprint density at radius 1 is 1.12 bits per heavy atom. The van der Waals surface area contributed by atoms with Crippen molar-refractivity contribution < 1.29 is 0 Å². The van der Waals surface area contributed by atoms with Crippen LogP contribution in [0.25, 0.3) is 0 Å². The normalized spacial score (nSPS) is 16.9. The second-order valence-electron chi connectivity index (χ2n) is 5.69. The first-order valence-corrected chi connectivity index (χ1v) is 6.74. The van der Waals surface area contributed by atoms with Crippen LogP contribution in [0.2, 0.25) is 0 Å². The SMILES string of the molecule is CC(C)CC(N)c1cc2c(cc1N)CCCC2. The van der Waals surface area contributed by atoms with E-state index in [1.165, 1.54) is 36.8 Å². The first-order chi connectivity index (χ1) is 8.08. The van der Waals surface area contributed by atoms with Crippen LogP contribution in [0.4, 0.5) is 5.69 Å². The van der Waals surface area contributed by atoms with Crippen LogP contribution in [-0.2, 0) is 12.8 Å². The number of fused-ring (bicyclic) bond motifs is 1. The number of rotatable bonds is 3. The molecule has 1 aliphatic rings. The third-order valence-corrected chi connectivity index (χ3v) is 3.67. The Labute approximate surface area is 104 Å². The Balaban J connectivity index is 2.28. The summed E-state index contributed by atoms with van der Waals surface area (Å²) in [7, 11) is 0. The third kappa shape index (κ3) is 2.81. The number of nitrogen functional groups attached to an aromatic ring is 1. The second-order valence-corrected chi connectivity index (χ2v) is 5.69. The Morgan fingerprint density at radius 3 is 2.29 bits per heavy atom. The molecule has 94 valence electrons. The maximum atomic E-state index is 6.25. The van der Waals surface area contributed by atoms with Gasteiger partial charge in [-0.3, -0.25) is 0 Å². The van der Waals surface area contributed by atoms with Crippen LogP contribution in [0, 0.1) is 5.92 Å². The molecule has 1 aliphatic carbocycles. The molecular formula is C15H24N2. The van der Waals surface area contributed by atoms with Gasteiger partial charge in [0.15, 0.2) is 0 Å². The molecule has 2 nitrogen and oxygen atoms in total. The first-order valence-electron chi connectivity index (χ1n) is 6.74. The summed E-state index contributed by atoms with van der Waals surface area (Å²) < 4.78 is 0. The zero-order chi connectivity index (χ0) is 12.4. The van der Waals surface area contributed by atoms with Gasteiger partial charge < -0.3 is 11.5 Å². The number of anilines is 1. The Kier molecular flexibility index (Phi) is 3.72. The fourth-order valence-electron chi connectivity index (χ4n) is 2.78. The highest BCUT2D eigenvalue weighted by atomic mass is 14.7. The van der Waals surface area contributed by atoms with Gasteiger partial charge in [-0.25, -0.2) is 0 Å². The summed E-state index contributed by atoms with van der Waals surface area (Å²) in [6.07, 6.45) is 5.97. The second kappa shape index (κ2) is 5.09. The van der Waals surface area contributed by atoms with E-state index in [2.05, 4.69) is 26.0 Å². The molecule has 1 atom stereocenters. The minimum absolute atomic E-state index is 0.0854. The molecule has 0 heterocycles. The summed E-state index contributed by atoms with van der Waals surface area (Å²) in [5.41, 5.74) is 17.3. The highest BCUT2D eigenvalue weighted by Crippen LogP contribution is 2.30. The highest BCUT2D eigenvalue weighted by molar-refractivity contribution is 5.54. The van der Waals surface area contributed by atoms with Gasteiger partial charge in [-0.2, -0.15) is 0 Å². The first kappa shape index (κ1) is 12.4. The predicted octanol–water partition coefficient (Wildman–Crippen LogP) is 3.19. The molecule has 0 aromatic heterocycles. The summed E-state index contributed by atoms with van der Waals surface area (Å²) >= 11 is 0. The van der Waals surface area contributed by atoms with Crippen molar-refractivity contribution in [1.29, 1.82) is 0 Å². The average Bonchev–Trinajstić information content (AvgIpc) is 2.27. The summed E-state index contributed by atoms with van der Waals surface area (Å²) in [4.78, 5) is 0. The third-order valence-electron chi connectivity index (χ3n) is 3.67. The van der Waals surface area contributed by atoms with Crippen molar-refractivity contribution >= 4 is 5.69 Å². The molecule has 0 fully saturated rings. The van der Waals surface area contributed by atoms with Crippen molar-refractivity contribution in [3.8, 4) is 0 Å². The monoisotopic (exact) mass is 232 g/mol. The summed E-state index contributed by atoms with van der Waals surface area (Å²) in [6, 6.07) is 4.50. The Morgan fingerprint density at radius 2 is 1.71 bits per heavy atom. The van der Waals surface area contributed by atoms with E-state index < -0.39 is 0 Å². The van der Waals surface area contributed by atoms with Gasteiger partial charge in [0.05, 0.1) is 0 Å². The zero-order valence-electron chi connectivity index (χ0n) is 11.0. The molecule has 0 saturated heterocycles. The van der Waals surface area contributed by atoms with Crippen molar-refractivity contribution in [2.24, 2.45) is 11.7 Å². The van der Waals surface area contributed by atoms with Crippen molar-refractivity contribution in [1.82, 2.24) is 0 Å². The molecule has 17 heavy (non-hydrogen) atoms. The van der Waals surface area contributed by atoms with E-state index in [-0.39, 0.29) is 6.04 Å². The average molecular weight is 232 g/mol. The van der Waals surface area contributed by atoms with Crippen LogP contribution in [0.5, 0.6) is 0 Å². The van der Waals surface area contributed by atoms with E-state index in [9.17, 15) is 0 Å². The van der Waals surface area contributed by atoms with Gasteiger partial charge in [-0.05, 0) is 60.8 Å². The molecule has 0 spiro atoms. The fourth-order valence-corrected chi connectivity index (χ4v) is 2.78. The number of aryl methyl sites for hydroxylation is 2. The van der Waals surface area contributed by atoms with Crippen molar-refractivity contribution in [3.05, 3.63) is 28.8 Å². The van der Waals surface area contributed by atoms with Gasteiger partial charge in [-0.1, -0.05) is 19.9 Å². The number of benzene rings is 1. The molecule has 2 rings (SSSR count). The predicted molar refractivity (Wildman–Crippen MR) is 73.9 cm³/mol. The van der Waals surface area contributed by atoms with E-state index in [1.807, 2.05) is 0 Å². The van der Waals surface area contributed by atoms with E-state index >= 15 is 0 Å². The van der Waals surface area contributed by atoms with Crippen LogP contribution in [0.1, 0.15) is 55.8 Å². The molecule has 0 radical (unpaired) electrons. The topological polar surface area (TPSA) is 52.0 Å². The zero-order valence-corrected chi connectivity index (χ0v) is 11.0. The smallest absolute Gasteiger partial charge is 0.0365 e. The minimum atomic E-state index is 0.0854. The van der Waals surface area contributed by atoms with Crippen LogP contribution in [-0.4, -0.2) is 0 Å². The number of nitrogens with two attached hydrogens (primary N) is 2. The van der Waals surface area contributed by atoms with Gasteiger partial charge >= 0.3 is 0 Å². The fraction of sp³-hybridized carbons (Fsp3) is 0.600.